The van der Waals surface area contributed by atoms with Gasteiger partial charge in [0.1, 0.15) is 23.4 Å². The van der Waals surface area contributed by atoms with Crippen LogP contribution < -0.4 is 0 Å². The van der Waals surface area contributed by atoms with Crippen LogP contribution in [0.15, 0.2) is 18.2 Å². The van der Waals surface area contributed by atoms with Crippen molar-refractivity contribution in [2.24, 2.45) is 0 Å². The van der Waals surface area contributed by atoms with E-state index < -0.39 is 94.7 Å². The van der Waals surface area contributed by atoms with Gasteiger partial charge in [-0.2, -0.15) is 0 Å². The molecule has 6 rings (SSSR count). The summed E-state index contributed by atoms with van der Waals surface area (Å²) in [5, 5.41) is 68.8. The number of benzene rings is 2. The van der Waals surface area contributed by atoms with Crippen LogP contribution in [0.2, 0.25) is 0 Å². The monoisotopic (exact) mass is 700 g/mol. The Kier molecular flexibility index (Phi) is 9.82. The summed E-state index contributed by atoms with van der Waals surface area (Å²) in [5.41, 5.74) is -3.47. The van der Waals surface area contributed by atoms with Crippen molar-refractivity contribution in [3.8, 4) is 17.2 Å². The molecule has 4 aliphatic rings. The Morgan fingerprint density at radius 3 is 1.86 bits per heavy atom. The molecule has 274 valence electrons. The third-order valence-corrected chi connectivity index (χ3v) is 11.0. The molecule has 2 saturated heterocycles. The predicted octanol–water partition coefficient (Wildman–Crippen LogP) is 2.09. The van der Waals surface area contributed by atoms with Crippen LogP contribution in [0.5, 0.6) is 17.2 Å². The number of aliphatic hydroxyl groups excluding tert-OH is 2. The number of aromatic hydroxyl groups is 3. The van der Waals surface area contributed by atoms with Crippen molar-refractivity contribution in [1.29, 1.82) is 0 Å². The van der Waals surface area contributed by atoms with E-state index in [0.717, 1.165) is 0 Å². The maximum Gasteiger partial charge on any atom is 0.202 e. The second-order valence-corrected chi connectivity index (χ2v) is 14.5. The number of phenols is 3. The van der Waals surface area contributed by atoms with E-state index in [9.17, 15) is 40.2 Å². The van der Waals surface area contributed by atoms with Crippen molar-refractivity contribution < 1.29 is 59.2 Å². The zero-order valence-corrected chi connectivity index (χ0v) is 29.4. The molecule has 2 fully saturated rings. The molecule has 6 N–H and O–H groups in total. The lowest BCUT2D eigenvalue weighted by Crippen LogP contribution is -2.55. The molecule has 0 radical (unpaired) electrons. The van der Waals surface area contributed by atoms with E-state index in [4.69, 9.17) is 18.9 Å². The van der Waals surface area contributed by atoms with Crippen LogP contribution >= 0.6 is 0 Å². The Bertz CT molecular complexity index is 1660. The van der Waals surface area contributed by atoms with E-state index in [1.807, 2.05) is 38.0 Å². The van der Waals surface area contributed by atoms with Crippen LogP contribution in [0.1, 0.15) is 102 Å². The molecular formula is C36H48N2O12. The highest BCUT2D eigenvalue weighted by Gasteiger charge is 2.54. The van der Waals surface area contributed by atoms with Crippen molar-refractivity contribution in [3.05, 3.63) is 51.6 Å². The van der Waals surface area contributed by atoms with Crippen LogP contribution in [-0.2, 0) is 18.9 Å². The van der Waals surface area contributed by atoms with Crippen molar-refractivity contribution in [2.75, 3.05) is 28.2 Å². The minimum absolute atomic E-state index is 0.0702. The van der Waals surface area contributed by atoms with Crippen LogP contribution in [0.25, 0.3) is 0 Å². The molecule has 14 nitrogen and oxygen atoms in total. The summed E-state index contributed by atoms with van der Waals surface area (Å²) in [6.07, 6.45) is -7.20. The number of phenolic OH excluding ortho intramolecular Hbond substituents is 3. The summed E-state index contributed by atoms with van der Waals surface area (Å²) in [6, 6.07) is 3.25. The number of ketones is 2. The summed E-state index contributed by atoms with van der Waals surface area (Å²) >= 11 is 0. The largest absolute Gasteiger partial charge is 0.507 e. The first kappa shape index (κ1) is 36.6. The summed E-state index contributed by atoms with van der Waals surface area (Å²) in [4.78, 5) is 31.6. The van der Waals surface area contributed by atoms with Crippen molar-refractivity contribution in [3.63, 3.8) is 0 Å². The smallest absolute Gasteiger partial charge is 0.202 e. The third kappa shape index (κ3) is 5.90. The average molecular weight is 701 g/mol. The van der Waals surface area contributed by atoms with Gasteiger partial charge in [0, 0.05) is 48.0 Å². The minimum Gasteiger partial charge on any atom is -0.507 e. The molecule has 2 aromatic carbocycles. The van der Waals surface area contributed by atoms with Crippen molar-refractivity contribution >= 4 is 11.6 Å². The standard InChI is InChI=1S/C36H48N2O12/c1-8-36(46)14-21(49-22-12-18(37(4)5)29(40)15(2)47-22)25-28(35(36)50-23-13-19(38(6)7)30(41)16(3)48-23)34(45)26-27(33(25)44)32(43)24-17(31(26)42)10-9-11-20(24)39/h9-11,15-16,18-19,21-23,29-30,35,39-41,44-46H,8,12-14H2,1-7H3/t15-,16-,18-,19-,21-,22-,23-,29+,30+,35+,36+/m0/s1. The fraction of sp³-hybridized carbons (Fsp3) is 0.611. The summed E-state index contributed by atoms with van der Waals surface area (Å²) in [6.45, 7) is 5.12. The fourth-order valence-corrected chi connectivity index (χ4v) is 8.05. The van der Waals surface area contributed by atoms with E-state index >= 15 is 0 Å². The quantitative estimate of drug-likeness (QED) is 0.196. The Balaban J connectivity index is 1.52. The number of aliphatic hydroxyl groups is 3. The molecule has 2 aliphatic carbocycles. The number of rotatable bonds is 7. The van der Waals surface area contributed by atoms with Gasteiger partial charge in [0.25, 0.3) is 0 Å². The van der Waals surface area contributed by atoms with E-state index in [2.05, 4.69) is 0 Å². The molecule has 0 aromatic heterocycles. The highest BCUT2D eigenvalue weighted by Crippen LogP contribution is 2.58. The Morgan fingerprint density at radius 1 is 0.800 bits per heavy atom. The Hall–Kier alpha value is -3.18. The highest BCUT2D eigenvalue weighted by molar-refractivity contribution is 6.31. The Morgan fingerprint density at radius 2 is 1.32 bits per heavy atom. The lowest BCUT2D eigenvalue weighted by molar-refractivity contribution is -0.289. The number of nitrogens with zero attached hydrogens (tertiary/aromatic N) is 2. The van der Waals surface area contributed by atoms with Gasteiger partial charge in [-0.05, 0) is 54.5 Å². The molecular weight excluding hydrogens is 652 g/mol. The molecule has 2 aromatic rings. The van der Waals surface area contributed by atoms with Gasteiger partial charge in [0.05, 0.1) is 52.8 Å². The number of likely N-dealkylation sites (N-methyl/N-ethyl adjacent to an activating group) is 2. The molecule has 50 heavy (non-hydrogen) atoms. The number of hydrogen-bond acceptors (Lipinski definition) is 14. The number of fused-ring (bicyclic) bond motifs is 3. The zero-order chi connectivity index (χ0) is 36.6. The van der Waals surface area contributed by atoms with Crippen LogP contribution in [0.3, 0.4) is 0 Å². The van der Waals surface area contributed by atoms with E-state index in [0.29, 0.717) is 0 Å². The average Bonchev–Trinajstić information content (AvgIpc) is 3.05. The molecule has 0 bridgehead atoms. The molecule has 0 amide bonds. The fourth-order valence-electron chi connectivity index (χ4n) is 8.05. The molecule has 2 aliphatic heterocycles. The minimum atomic E-state index is -1.77. The number of ether oxygens (including phenoxy) is 4. The van der Waals surface area contributed by atoms with Gasteiger partial charge in [-0.3, -0.25) is 9.59 Å². The topological polar surface area (TPSA) is 199 Å². The molecule has 11 atom stereocenters. The Labute approximate surface area is 290 Å². The first-order valence-corrected chi connectivity index (χ1v) is 17.1. The molecule has 0 spiro atoms. The highest BCUT2D eigenvalue weighted by atomic mass is 16.7. The first-order valence-electron chi connectivity index (χ1n) is 17.1. The number of carbonyl (C=O) groups is 2. The van der Waals surface area contributed by atoms with Gasteiger partial charge < -0.3 is 59.4 Å². The summed E-state index contributed by atoms with van der Waals surface area (Å²) < 4.78 is 25.1. The number of carbonyl (C=O) groups excluding carboxylic acids is 2. The molecule has 0 unspecified atom stereocenters. The molecule has 14 heteroatoms. The van der Waals surface area contributed by atoms with Crippen molar-refractivity contribution in [2.45, 2.75) is 113 Å². The van der Waals surface area contributed by atoms with Crippen LogP contribution in [0.4, 0.5) is 0 Å². The summed E-state index contributed by atoms with van der Waals surface area (Å²) in [7, 11) is 7.25. The van der Waals surface area contributed by atoms with Crippen LogP contribution in [0, 0.1) is 0 Å². The summed E-state index contributed by atoms with van der Waals surface area (Å²) in [5.74, 6) is -3.49. The predicted molar refractivity (Wildman–Crippen MR) is 177 cm³/mol. The van der Waals surface area contributed by atoms with E-state index in [1.54, 1.807) is 20.8 Å². The maximum absolute atomic E-state index is 14.0. The first-order chi connectivity index (χ1) is 23.5. The van der Waals surface area contributed by atoms with Gasteiger partial charge in [-0.15, -0.1) is 0 Å². The van der Waals surface area contributed by atoms with Gasteiger partial charge in [0.2, 0.25) is 5.78 Å². The van der Waals surface area contributed by atoms with Gasteiger partial charge in [-0.25, -0.2) is 0 Å². The molecule has 0 saturated carbocycles. The lowest BCUT2D eigenvalue weighted by atomic mass is 9.70. The maximum atomic E-state index is 14.0. The van der Waals surface area contributed by atoms with Gasteiger partial charge >= 0.3 is 0 Å². The van der Waals surface area contributed by atoms with Gasteiger partial charge in [0.15, 0.2) is 18.4 Å². The third-order valence-electron chi connectivity index (χ3n) is 11.0. The normalized spacial score (nSPS) is 35.6. The molecule has 2 heterocycles. The van der Waals surface area contributed by atoms with E-state index in [1.165, 1.54) is 18.2 Å². The second-order valence-electron chi connectivity index (χ2n) is 14.5. The van der Waals surface area contributed by atoms with Gasteiger partial charge in [-0.1, -0.05) is 19.1 Å². The van der Waals surface area contributed by atoms with E-state index in [-0.39, 0.29) is 60.0 Å². The lowest BCUT2D eigenvalue weighted by Gasteiger charge is -2.48. The SMILES string of the molecule is CC[C@@]1(O)C[C@H](O[C@H]2C[C@H](N(C)C)[C@H](O)[C@H](C)O2)c2c(O)c3c(c(O)c2[C@H]1O[C@H]1C[C@H](N(C)C)[C@H](O)[C@H](C)O1)C(=O)c1cccc(O)c1C3=O. The second kappa shape index (κ2) is 13.4. The number of hydrogen-bond donors (Lipinski definition) is 6. The zero-order valence-electron chi connectivity index (χ0n) is 29.4. The van der Waals surface area contributed by atoms with Crippen molar-refractivity contribution in [1.82, 2.24) is 9.80 Å². The van der Waals surface area contributed by atoms with Crippen LogP contribution in [-0.4, -0.2) is 135 Å².